The van der Waals surface area contributed by atoms with Crippen LogP contribution in [0.15, 0.2) is 72.9 Å². The van der Waals surface area contributed by atoms with E-state index in [4.69, 9.17) is 9.47 Å². The second kappa shape index (κ2) is 11.5. The first-order valence-corrected chi connectivity index (χ1v) is 17.9. The number of amides is 2. The molecule has 2 amide bonds. The van der Waals surface area contributed by atoms with Crippen molar-refractivity contribution >= 4 is 42.5 Å². The van der Waals surface area contributed by atoms with E-state index in [0.717, 1.165) is 22.0 Å². The number of ether oxygens (including phenoxy) is 2. The topological polar surface area (TPSA) is 104 Å². The minimum Gasteiger partial charge on any atom is -0.497 e. The number of carbonyl (C=O) groups excluding carboxylic acids is 2. The predicted octanol–water partition coefficient (Wildman–Crippen LogP) is 6.06. The van der Waals surface area contributed by atoms with Crippen LogP contribution < -0.4 is 15.0 Å². The van der Waals surface area contributed by atoms with Crippen LogP contribution in [0.2, 0.25) is 18.6 Å². The number of nitrogens with zero attached hydrogens (tertiary/aromatic N) is 1. The zero-order valence-electron chi connectivity index (χ0n) is 25.4. The summed E-state index contributed by atoms with van der Waals surface area (Å²) >= 11 is 0. The van der Waals surface area contributed by atoms with Crippen molar-refractivity contribution in [2.24, 2.45) is 5.92 Å². The van der Waals surface area contributed by atoms with Gasteiger partial charge in [0.25, 0.3) is 5.91 Å². The van der Waals surface area contributed by atoms with Gasteiger partial charge >= 0.3 is 0 Å². The molecule has 10 heteroatoms. The van der Waals surface area contributed by atoms with Crippen LogP contribution in [0.3, 0.4) is 0 Å². The standard InChI is InChI=1S/C34H38FN3O5Si/c1-21-32(44(3,4)35)30(14-15-39)43-34(21)27-18-25(42-2)12-13-29(27)38(33(34)41)20-22-8-7-9-24(16-22)37-31(40)17-23-19-36-28-11-6-5-10-26(23)28/h5-13,16,18-19,21,30,32,36,39H,14-15,17,20H2,1-4H3,(H,37,40)/t21-,30+,32-,34+/m0/s1. The number of aromatic amines is 1. The normalized spacial score (nSPS) is 23.0. The molecular weight excluding hydrogens is 577 g/mol. The molecule has 3 N–H and O–H groups in total. The number of aliphatic hydroxyl groups is 1. The van der Waals surface area contributed by atoms with Crippen molar-refractivity contribution in [2.75, 3.05) is 23.9 Å². The van der Waals surface area contributed by atoms with E-state index in [9.17, 15) is 14.7 Å². The Labute approximate surface area is 257 Å². The molecule has 0 saturated carbocycles. The second-order valence-electron chi connectivity index (χ2n) is 12.3. The first kappa shape index (κ1) is 30.1. The van der Waals surface area contributed by atoms with Gasteiger partial charge in [0.1, 0.15) is 5.75 Å². The lowest BCUT2D eigenvalue weighted by atomic mass is 9.82. The summed E-state index contributed by atoms with van der Waals surface area (Å²) in [5, 5.41) is 13.8. The van der Waals surface area contributed by atoms with Crippen LogP contribution in [0.25, 0.3) is 10.9 Å². The molecular formula is C34H38FN3O5Si. The van der Waals surface area contributed by atoms with E-state index in [1.165, 1.54) is 0 Å². The van der Waals surface area contributed by atoms with E-state index in [1.54, 1.807) is 31.2 Å². The van der Waals surface area contributed by atoms with Crippen LogP contribution in [-0.4, -0.2) is 50.1 Å². The van der Waals surface area contributed by atoms with Gasteiger partial charge in [0.15, 0.2) is 5.60 Å². The molecule has 1 saturated heterocycles. The number of rotatable bonds is 9. The molecule has 6 rings (SSSR count). The van der Waals surface area contributed by atoms with E-state index >= 15 is 4.11 Å². The molecule has 1 spiro atoms. The lowest BCUT2D eigenvalue weighted by Crippen LogP contribution is -2.45. The fraction of sp³-hybridized carbons (Fsp3) is 0.353. The quantitative estimate of drug-likeness (QED) is 0.157. The first-order valence-electron chi connectivity index (χ1n) is 15.0. The summed E-state index contributed by atoms with van der Waals surface area (Å²) in [5.41, 5.74) is 2.80. The van der Waals surface area contributed by atoms with E-state index < -0.39 is 31.6 Å². The number of nitrogens with one attached hydrogen (secondary N) is 2. The molecule has 3 aromatic carbocycles. The van der Waals surface area contributed by atoms with E-state index in [2.05, 4.69) is 10.3 Å². The SMILES string of the molecule is COc1ccc2c(c1)[C@@]1(O[C@H](CCO)[C@@H]([Si](C)(C)F)[C@@H]1C)C(=O)N2Cc1cccc(NC(=O)Cc2c[nH]c3ccccc23)c1. The third-order valence-corrected chi connectivity index (χ3v) is 11.6. The third kappa shape index (κ3) is 5.10. The summed E-state index contributed by atoms with van der Waals surface area (Å²) in [4.78, 5) is 32.4. The fourth-order valence-corrected chi connectivity index (χ4v) is 9.84. The van der Waals surface area contributed by atoms with Gasteiger partial charge in [-0.2, -0.15) is 0 Å². The molecule has 0 radical (unpaired) electrons. The minimum atomic E-state index is -3.29. The molecule has 0 aliphatic carbocycles. The van der Waals surface area contributed by atoms with Crippen molar-refractivity contribution in [1.82, 2.24) is 4.98 Å². The lowest BCUT2D eigenvalue weighted by Gasteiger charge is -2.31. The highest BCUT2D eigenvalue weighted by atomic mass is 28.4. The number of para-hydroxylation sites is 1. The van der Waals surface area contributed by atoms with Crippen molar-refractivity contribution in [2.45, 2.75) is 56.7 Å². The Morgan fingerprint density at radius 3 is 2.70 bits per heavy atom. The maximum Gasteiger partial charge on any atom is 0.264 e. The molecule has 2 aliphatic heterocycles. The molecule has 1 aromatic heterocycles. The predicted molar refractivity (Wildman–Crippen MR) is 171 cm³/mol. The van der Waals surface area contributed by atoms with Crippen LogP contribution >= 0.6 is 0 Å². The highest BCUT2D eigenvalue weighted by molar-refractivity contribution is 6.72. The summed E-state index contributed by atoms with van der Waals surface area (Å²) < 4.78 is 27.9. The average molecular weight is 616 g/mol. The second-order valence-corrected chi connectivity index (χ2v) is 16.1. The van der Waals surface area contributed by atoms with Crippen LogP contribution in [0.1, 0.15) is 30.0 Å². The Morgan fingerprint density at radius 1 is 1.16 bits per heavy atom. The van der Waals surface area contributed by atoms with Crippen LogP contribution in [-0.2, 0) is 32.9 Å². The van der Waals surface area contributed by atoms with Crippen molar-refractivity contribution in [3.05, 3.63) is 89.6 Å². The van der Waals surface area contributed by atoms with Crippen LogP contribution in [0.4, 0.5) is 15.5 Å². The maximum atomic E-state index is 15.8. The molecule has 2 aliphatic rings. The summed E-state index contributed by atoms with van der Waals surface area (Å²) in [6.45, 7) is 5.25. The monoisotopic (exact) mass is 615 g/mol. The zero-order valence-corrected chi connectivity index (χ0v) is 26.4. The number of H-pyrrole nitrogens is 1. The summed E-state index contributed by atoms with van der Waals surface area (Å²) in [5.74, 6) is -0.282. The largest absolute Gasteiger partial charge is 0.497 e. The molecule has 4 atom stereocenters. The zero-order chi connectivity index (χ0) is 31.2. The number of benzene rings is 3. The number of hydrogen-bond acceptors (Lipinski definition) is 5. The van der Waals surface area contributed by atoms with Crippen molar-refractivity contribution < 1.29 is 28.3 Å². The molecule has 1 fully saturated rings. The molecule has 0 unspecified atom stereocenters. The van der Waals surface area contributed by atoms with Gasteiger partial charge in [-0.1, -0.05) is 37.3 Å². The van der Waals surface area contributed by atoms with Crippen molar-refractivity contribution in [1.29, 1.82) is 0 Å². The highest BCUT2D eigenvalue weighted by Crippen LogP contribution is 2.60. The summed E-state index contributed by atoms with van der Waals surface area (Å²) in [6.07, 6.45) is 1.75. The number of methoxy groups -OCH3 is 1. The van der Waals surface area contributed by atoms with Gasteiger partial charge < -0.3 is 33.9 Å². The Bertz CT molecular complexity index is 1720. The Kier molecular flexibility index (Phi) is 7.85. The van der Waals surface area contributed by atoms with E-state index in [1.807, 2.05) is 73.8 Å². The number of fused-ring (bicyclic) bond motifs is 3. The summed E-state index contributed by atoms with van der Waals surface area (Å²) in [6, 6.07) is 20.8. The van der Waals surface area contributed by atoms with Gasteiger partial charge in [-0.25, -0.2) is 0 Å². The Hall–Kier alpha value is -3.99. The van der Waals surface area contributed by atoms with Crippen molar-refractivity contribution in [3.8, 4) is 5.75 Å². The van der Waals surface area contributed by atoms with Gasteiger partial charge in [-0.3, -0.25) is 9.59 Å². The Balaban J connectivity index is 1.28. The smallest absolute Gasteiger partial charge is 0.264 e. The van der Waals surface area contributed by atoms with Gasteiger partial charge in [-0.05, 0) is 67.0 Å². The van der Waals surface area contributed by atoms with E-state index in [-0.39, 0.29) is 37.8 Å². The summed E-state index contributed by atoms with van der Waals surface area (Å²) in [7, 11) is -1.73. The first-order chi connectivity index (χ1) is 21.1. The fourth-order valence-electron chi connectivity index (χ4n) is 7.29. The molecule has 44 heavy (non-hydrogen) atoms. The van der Waals surface area contributed by atoms with E-state index in [0.29, 0.717) is 22.7 Å². The maximum absolute atomic E-state index is 15.8. The van der Waals surface area contributed by atoms with Gasteiger partial charge in [-0.15, -0.1) is 0 Å². The molecule has 8 nitrogen and oxygen atoms in total. The van der Waals surface area contributed by atoms with Crippen LogP contribution in [0, 0.1) is 5.92 Å². The number of anilines is 2. The molecule has 230 valence electrons. The van der Waals surface area contributed by atoms with Gasteiger partial charge in [0.2, 0.25) is 14.3 Å². The Morgan fingerprint density at radius 2 is 1.95 bits per heavy atom. The minimum absolute atomic E-state index is 0.146. The highest BCUT2D eigenvalue weighted by Gasteiger charge is 2.66. The van der Waals surface area contributed by atoms with Crippen molar-refractivity contribution in [3.63, 3.8) is 0 Å². The van der Waals surface area contributed by atoms with Gasteiger partial charge in [0.05, 0.1) is 31.9 Å². The lowest BCUT2D eigenvalue weighted by molar-refractivity contribution is -0.146. The number of aliphatic hydroxyl groups excluding tert-OH is 1. The molecule has 0 bridgehead atoms. The van der Waals surface area contributed by atoms with Crippen LogP contribution in [0.5, 0.6) is 5.75 Å². The third-order valence-electron chi connectivity index (χ3n) is 9.16. The number of aromatic nitrogens is 1. The number of carbonyl (C=O) groups is 2. The molecule has 4 aromatic rings. The molecule has 3 heterocycles. The number of halogens is 1. The average Bonchev–Trinajstić information content (AvgIpc) is 3.60. The number of hydrogen-bond donors (Lipinski definition) is 3. The van der Waals surface area contributed by atoms with Gasteiger partial charge in [0, 0.05) is 46.4 Å².